The number of carboxylic acid groups (broad SMARTS) is 1. The zero-order valence-corrected chi connectivity index (χ0v) is 8.92. The van der Waals surface area contributed by atoms with Gasteiger partial charge in [0.05, 0.1) is 5.69 Å². The molecule has 0 spiro atoms. The summed E-state index contributed by atoms with van der Waals surface area (Å²) in [5.41, 5.74) is 0.932. The Morgan fingerprint density at radius 1 is 1.60 bits per heavy atom. The Morgan fingerprint density at radius 3 is 2.73 bits per heavy atom. The summed E-state index contributed by atoms with van der Waals surface area (Å²) in [4.78, 5) is 11.0. The van der Waals surface area contributed by atoms with E-state index in [2.05, 4.69) is 10.3 Å². The van der Waals surface area contributed by atoms with Gasteiger partial charge >= 0.3 is 5.97 Å². The molecule has 1 aromatic heterocycles. The fraction of sp³-hybridized carbons (Fsp3) is 0.700. The van der Waals surface area contributed by atoms with Crippen molar-refractivity contribution in [1.82, 2.24) is 15.0 Å². The maximum absolute atomic E-state index is 11.0. The van der Waals surface area contributed by atoms with E-state index in [0.717, 1.165) is 18.5 Å². The van der Waals surface area contributed by atoms with Gasteiger partial charge in [0, 0.05) is 12.1 Å². The minimum Gasteiger partial charge on any atom is -0.480 e. The molecule has 5 heteroatoms. The van der Waals surface area contributed by atoms with Crippen molar-refractivity contribution in [3.63, 3.8) is 0 Å². The molecule has 1 aliphatic carbocycles. The van der Waals surface area contributed by atoms with Crippen LogP contribution < -0.4 is 0 Å². The minimum atomic E-state index is -0.850. The van der Waals surface area contributed by atoms with E-state index in [-0.39, 0.29) is 5.92 Å². The Bertz CT molecular complexity index is 368. The second-order valence-electron chi connectivity index (χ2n) is 4.42. The van der Waals surface area contributed by atoms with Gasteiger partial charge in [0.25, 0.3) is 0 Å². The fourth-order valence-electron chi connectivity index (χ4n) is 1.70. The lowest BCUT2D eigenvalue weighted by Crippen LogP contribution is -2.24. The van der Waals surface area contributed by atoms with Crippen LogP contribution >= 0.6 is 0 Å². The van der Waals surface area contributed by atoms with E-state index in [1.165, 1.54) is 4.68 Å². The van der Waals surface area contributed by atoms with Crippen molar-refractivity contribution in [2.24, 2.45) is 5.92 Å². The number of hydrogen-bond acceptors (Lipinski definition) is 3. The molecule has 0 aliphatic heterocycles. The van der Waals surface area contributed by atoms with Crippen LogP contribution in [0.3, 0.4) is 0 Å². The van der Waals surface area contributed by atoms with E-state index < -0.39 is 12.0 Å². The van der Waals surface area contributed by atoms with E-state index >= 15 is 0 Å². The molecule has 1 aromatic rings. The summed E-state index contributed by atoms with van der Waals surface area (Å²) in [5.74, 6) is -0.325. The van der Waals surface area contributed by atoms with Gasteiger partial charge in [0.1, 0.15) is 0 Å². The van der Waals surface area contributed by atoms with Gasteiger partial charge in [-0.05, 0) is 18.8 Å². The van der Waals surface area contributed by atoms with E-state index in [1.54, 1.807) is 6.20 Å². The van der Waals surface area contributed by atoms with Crippen LogP contribution in [0.4, 0.5) is 0 Å². The molecule has 0 bridgehead atoms. The Balaban J connectivity index is 2.21. The predicted molar refractivity (Wildman–Crippen MR) is 53.5 cm³/mol. The third-order valence-corrected chi connectivity index (χ3v) is 2.69. The van der Waals surface area contributed by atoms with E-state index in [4.69, 9.17) is 5.11 Å². The van der Waals surface area contributed by atoms with Crippen LogP contribution in [-0.2, 0) is 4.79 Å². The molecule has 1 aliphatic rings. The molecule has 5 nitrogen and oxygen atoms in total. The molecule has 1 fully saturated rings. The fourth-order valence-corrected chi connectivity index (χ4v) is 1.70. The molecule has 15 heavy (non-hydrogen) atoms. The van der Waals surface area contributed by atoms with Gasteiger partial charge in [-0.3, -0.25) is 0 Å². The molecular formula is C10H15N3O2. The van der Waals surface area contributed by atoms with E-state index in [1.807, 2.05) is 13.8 Å². The molecule has 0 aromatic carbocycles. The van der Waals surface area contributed by atoms with Crippen molar-refractivity contribution in [3.8, 4) is 0 Å². The van der Waals surface area contributed by atoms with Crippen molar-refractivity contribution in [1.29, 1.82) is 0 Å². The Hall–Kier alpha value is -1.39. The highest BCUT2D eigenvalue weighted by Gasteiger charge is 2.30. The molecule has 2 rings (SSSR count). The van der Waals surface area contributed by atoms with Crippen molar-refractivity contribution in [3.05, 3.63) is 11.9 Å². The van der Waals surface area contributed by atoms with Gasteiger partial charge in [0.15, 0.2) is 6.04 Å². The number of carbonyl (C=O) groups is 1. The zero-order valence-electron chi connectivity index (χ0n) is 8.92. The van der Waals surface area contributed by atoms with Gasteiger partial charge in [-0.25, -0.2) is 9.48 Å². The predicted octanol–water partition coefficient (Wildman–Crippen LogP) is 1.44. The van der Waals surface area contributed by atoms with Crippen LogP contribution in [0.25, 0.3) is 0 Å². The monoisotopic (exact) mass is 209 g/mol. The average molecular weight is 209 g/mol. The first kappa shape index (κ1) is 10.1. The molecule has 0 unspecified atom stereocenters. The summed E-state index contributed by atoms with van der Waals surface area (Å²) < 4.78 is 1.47. The lowest BCUT2D eigenvalue weighted by Gasteiger charge is -2.15. The second-order valence-corrected chi connectivity index (χ2v) is 4.42. The minimum absolute atomic E-state index is 0.0104. The maximum Gasteiger partial charge on any atom is 0.328 e. The van der Waals surface area contributed by atoms with Gasteiger partial charge < -0.3 is 5.11 Å². The second kappa shape index (κ2) is 3.64. The van der Waals surface area contributed by atoms with Gasteiger partial charge in [-0.15, -0.1) is 5.10 Å². The zero-order chi connectivity index (χ0) is 11.0. The summed E-state index contributed by atoms with van der Waals surface area (Å²) >= 11 is 0. The highest BCUT2D eigenvalue weighted by Crippen LogP contribution is 2.38. The van der Waals surface area contributed by atoms with Crippen molar-refractivity contribution >= 4 is 5.97 Å². The normalized spacial score (nSPS) is 18.1. The largest absolute Gasteiger partial charge is 0.480 e. The lowest BCUT2D eigenvalue weighted by atomic mass is 10.1. The quantitative estimate of drug-likeness (QED) is 0.814. The Labute approximate surface area is 88.1 Å². The Kier molecular flexibility index (Phi) is 2.46. The standard InChI is InChI=1S/C10H15N3O2/c1-6(2)9(10(14)15)13-5-8(11-12-13)7-3-4-7/h5-7,9H,3-4H2,1-2H3,(H,14,15)/t9-/m0/s1. The molecule has 0 saturated heterocycles. The lowest BCUT2D eigenvalue weighted by molar-refractivity contribution is -0.142. The number of aromatic nitrogens is 3. The first-order valence-corrected chi connectivity index (χ1v) is 5.24. The molecule has 82 valence electrons. The number of carboxylic acids is 1. The summed E-state index contributed by atoms with van der Waals surface area (Å²) in [7, 11) is 0. The van der Waals surface area contributed by atoms with Crippen molar-refractivity contribution in [2.75, 3.05) is 0 Å². The average Bonchev–Trinajstić information content (AvgIpc) is 2.87. The van der Waals surface area contributed by atoms with Crippen LogP contribution in [-0.4, -0.2) is 26.1 Å². The third-order valence-electron chi connectivity index (χ3n) is 2.69. The van der Waals surface area contributed by atoms with Gasteiger partial charge in [-0.2, -0.15) is 0 Å². The van der Waals surface area contributed by atoms with Crippen LogP contribution in [0.5, 0.6) is 0 Å². The summed E-state index contributed by atoms with van der Waals surface area (Å²) in [6, 6.07) is -0.606. The smallest absolute Gasteiger partial charge is 0.328 e. The number of nitrogens with zero attached hydrogens (tertiary/aromatic N) is 3. The SMILES string of the molecule is CC(C)[C@@H](C(=O)O)n1cc(C2CC2)nn1. The molecule has 1 N–H and O–H groups in total. The van der Waals surface area contributed by atoms with Crippen molar-refractivity contribution in [2.45, 2.75) is 38.6 Å². The van der Waals surface area contributed by atoms with Crippen LogP contribution in [0.1, 0.15) is 44.3 Å². The first-order chi connectivity index (χ1) is 7.09. The van der Waals surface area contributed by atoms with Gasteiger partial charge in [0.2, 0.25) is 0 Å². The van der Waals surface area contributed by atoms with Crippen molar-refractivity contribution < 1.29 is 9.90 Å². The van der Waals surface area contributed by atoms with E-state index in [0.29, 0.717) is 5.92 Å². The summed E-state index contributed by atoms with van der Waals surface area (Å²) in [6.45, 7) is 3.74. The van der Waals surface area contributed by atoms with Gasteiger partial charge in [-0.1, -0.05) is 19.1 Å². The highest BCUT2D eigenvalue weighted by molar-refractivity contribution is 5.71. The topological polar surface area (TPSA) is 68.0 Å². The summed E-state index contributed by atoms with van der Waals surface area (Å²) in [6.07, 6.45) is 4.08. The first-order valence-electron chi connectivity index (χ1n) is 5.24. The van der Waals surface area contributed by atoms with Crippen LogP contribution in [0, 0.1) is 5.92 Å². The molecule has 0 radical (unpaired) electrons. The number of aliphatic carboxylic acids is 1. The molecular weight excluding hydrogens is 194 g/mol. The molecule has 1 atom stereocenters. The number of hydrogen-bond donors (Lipinski definition) is 1. The van der Waals surface area contributed by atoms with Crippen LogP contribution in [0.15, 0.2) is 6.20 Å². The van der Waals surface area contributed by atoms with Crippen LogP contribution in [0.2, 0.25) is 0 Å². The van der Waals surface area contributed by atoms with E-state index in [9.17, 15) is 4.79 Å². The Morgan fingerprint density at radius 2 is 2.27 bits per heavy atom. The molecule has 1 heterocycles. The third kappa shape index (κ3) is 2.00. The maximum atomic E-state index is 11.0. The molecule has 0 amide bonds. The molecule has 1 saturated carbocycles. The highest BCUT2D eigenvalue weighted by atomic mass is 16.4. The summed E-state index contributed by atoms with van der Waals surface area (Å²) in [5, 5.41) is 17.0. The number of rotatable bonds is 4.